The number of hydrogen-bond donors (Lipinski definition) is 0. The molecule has 4 nitrogen and oxygen atoms in total. The molecule has 0 fully saturated rings. The van der Waals surface area contributed by atoms with Crippen molar-refractivity contribution in [3.05, 3.63) is 154 Å². The van der Waals surface area contributed by atoms with Crippen LogP contribution in [0.4, 0.5) is 11.4 Å². The lowest BCUT2D eigenvalue weighted by Crippen LogP contribution is -2.49. The summed E-state index contributed by atoms with van der Waals surface area (Å²) in [4.78, 5) is 4.23. The van der Waals surface area contributed by atoms with Crippen molar-refractivity contribution in [3.63, 3.8) is 0 Å². The lowest BCUT2D eigenvalue weighted by atomic mass is 9.57. The third kappa shape index (κ3) is 2.80. The molecule has 2 aliphatic heterocycles. The Hall–Kier alpha value is -4.70. The van der Waals surface area contributed by atoms with E-state index in [1.165, 1.54) is 0 Å². The van der Waals surface area contributed by atoms with E-state index in [1.807, 2.05) is 0 Å². The lowest BCUT2D eigenvalue weighted by Gasteiger charge is -2.51. The van der Waals surface area contributed by atoms with E-state index in [0.717, 1.165) is 67.4 Å². The van der Waals surface area contributed by atoms with Crippen molar-refractivity contribution >= 4 is 22.9 Å². The van der Waals surface area contributed by atoms with Gasteiger partial charge in [-0.05, 0) is 60.7 Å². The molecule has 2 heterocycles. The standard InChI is InChI=1S/C36H30N2O2/c1-37(2)25-17-13-23(14-18-25)33-21-31-32-22-34(24-15-19-26(20-16-24)38(3)4)40-36(32)29-11-7-5-9-27(29)35(31,39-33)28-10-6-8-12-30(28)36/h5-22H,1-4H3. The van der Waals surface area contributed by atoms with Crippen LogP contribution in [0.2, 0.25) is 0 Å². The van der Waals surface area contributed by atoms with Gasteiger partial charge in [-0.1, -0.05) is 48.5 Å². The van der Waals surface area contributed by atoms with Gasteiger partial charge in [-0.3, -0.25) is 0 Å². The highest BCUT2D eigenvalue weighted by molar-refractivity contribution is 5.85. The maximum atomic E-state index is 7.17. The Kier molecular flexibility index (Phi) is 4.60. The van der Waals surface area contributed by atoms with Crippen LogP contribution in [0.25, 0.3) is 11.5 Å². The largest absolute Gasteiger partial charge is 0.472 e. The molecule has 0 unspecified atom stereocenters. The van der Waals surface area contributed by atoms with E-state index < -0.39 is 11.2 Å². The molecule has 0 saturated carbocycles. The molecule has 0 radical (unpaired) electrons. The smallest absolute Gasteiger partial charge is 0.186 e. The summed E-state index contributed by atoms with van der Waals surface area (Å²) < 4.78 is 14.3. The molecule has 2 spiro atoms. The molecule has 4 heteroatoms. The second-order valence-electron chi connectivity index (χ2n) is 11.4. The first-order valence-electron chi connectivity index (χ1n) is 13.8. The summed E-state index contributed by atoms with van der Waals surface area (Å²) >= 11 is 0. The van der Waals surface area contributed by atoms with Crippen LogP contribution in [-0.2, 0) is 20.7 Å². The van der Waals surface area contributed by atoms with Crippen LogP contribution in [0.5, 0.6) is 0 Å². The molecule has 9 rings (SSSR count). The van der Waals surface area contributed by atoms with Crippen LogP contribution in [0.15, 0.2) is 120 Å². The molecule has 4 aromatic carbocycles. The van der Waals surface area contributed by atoms with Crippen molar-refractivity contribution < 1.29 is 9.47 Å². The average molecular weight is 523 g/mol. The molecular formula is C36H30N2O2. The third-order valence-corrected chi connectivity index (χ3v) is 8.83. The van der Waals surface area contributed by atoms with Gasteiger partial charge in [0.25, 0.3) is 0 Å². The maximum Gasteiger partial charge on any atom is 0.186 e. The monoisotopic (exact) mass is 522 g/mol. The SMILES string of the molecule is CN(C)c1ccc(C2=CC3=C4C=C(c5ccc(N(C)C)cc5)OC45c4ccccc4C3(O2)c2ccccc25)cc1. The van der Waals surface area contributed by atoms with E-state index in [1.54, 1.807) is 0 Å². The molecule has 0 saturated heterocycles. The first-order chi connectivity index (χ1) is 19.4. The van der Waals surface area contributed by atoms with Gasteiger partial charge in [0.15, 0.2) is 11.2 Å². The van der Waals surface area contributed by atoms with Gasteiger partial charge in [-0.15, -0.1) is 0 Å². The summed E-state index contributed by atoms with van der Waals surface area (Å²) in [6, 6.07) is 34.5. The highest BCUT2D eigenvalue weighted by atomic mass is 16.5. The molecule has 0 aromatic heterocycles. The summed E-state index contributed by atoms with van der Waals surface area (Å²) in [5.74, 6) is 1.76. The summed E-state index contributed by atoms with van der Waals surface area (Å²) in [6.45, 7) is 0. The molecule has 196 valence electrons. The minimum Gasteiger partial charge on any atom is -0.472 e. The minimum atomic E-state index is -0.718. The number of benzene rings is 4. The normalized spacial score (nSPS) is 22.8. The fourth-order valence-corrected chi connectivity index (χ4v) is 6.92. The van der Waals surface area contributed by atoms with Gasteiger partial charge >= 0.3 is 0 Å². The van der Waals surface area contributed by atoms with Crippen LogP contribution in [-0.4, -0.2) is 28.2 Å². The van der Waals surface area contributed by atoms with Crippen molar-refractivity contribution in [2.75, 3.05) is 38.0 Å². The molecule has 0 atom stereocenters. The number of nitrogens with zero attached hydrogens (tertiary/aromatic N) is 2. The second kappa shape index (κ2) is 7.92. The van der Waals surface area contributed by atoms with Gasteiger partial charge in [0.05, 0.1) is 0 Å². The van der Waals surface area contributed by atoms with Crippen molar-refractivity contribution in [2.45, 2.75) is 11.2 Å². The zero-order valence-corrected chi connectivity index (χ0v) is 23.1. The number of ether oxygens (including phenoxy) is 2. The van der Waals surface area contributed by atoms with E-state index in [9.17, 15) is 0 Å². The first-order valence-corrected chi connectivity index (χ1v) is 13.8. The first kappa shape index (κ1) is 23.2. The number of rotatable bonds is 4. The van der Waals surface area contributed by atoms with Gasteiger partial charge < -0.3 is 19.3 Å². The fourth-order valence-electron chi connectivity index (χ4n) is 6.92. The van der Waals surface area contributed by atoms with Crippen LogP contribution < -0.4 is 9.80 Å². The van der Waals surface area contributed by atoms with Crippen LogP contribution in [0.3, 0.4) is 0 Å². The highest BCUT2D eigenvalue weighted by Crippen LogP contribution is 2.68. The Bertz CT molecular complexity index is 1610. The zero-order valence-electron chi connectivity index (χ0n) is 23.1. The average Bonchev–Trinajstić information content (AvgIpc) is 3.59. The molecule has 0 N–H and O–H groups in total. The number of anilines is 2. The predicted molar refractivity (Wildman–Crippen MR) is 161 cm³/mol. The van der Waals surface area contributed by atoms with E-state index in [2.05, 4.69) is 147 Å². The summed E-state index contributed by atoms with van der Waals surface area (Å²) in [7, 11) is 8.24. The minimum absolute atomic E-state index is 0.718. The summed E-state index contributed by atoms with van der Waals surface area (Å²) in [5, 5.41) is 0. The van der Waals surface area contributed by atoms with Gasteiger partial charge in [0.2, 0.25) is 0 Å². The Morgan fingerprint density at radius 2 is 0.775 bits per heavy atom. The quantitative estimate of drug-likeness (QED) is 0.286. The lowest BCUT2D eigenvalue weighted by molar-refractivity contribution is 0.0662. The predicted octanol–water partition coefficient (Wildman–Crippen LogP) is 7.07. The van der Waals surface area contributed by atoms with Crippen LogP contribution in [0, 0.1) is 0 Å². The van der Waals surface area contributed by atoms with Crippen LogP contribution >= 0.6 is 0 Å². The van der Waals surface area contributed by atoms with E-state index in [0.29, 0.717) is 0 Å². The summed E-state index contributed by atoms with van der Waals surface area (Å²) in [6.07, 6.45) is 4.50. The molecule has 40 heavy (non-hydrogen) atoms. The van der Waals surface area contributed by atoms with Crippen molar-refractivity contribution in [1.29, 1.82) is 0 Å². The Morgan fingerprint density at radius 1 is 0.450 bits per heavy atom. The molecule has 5 aliphatic rings. The van der Waals surface area contributed by atoms with Crippen LogP contribution in [0.1, 0.15) is 33.4 Å². The fraction of sp³-hybridized carbons (Fsp3) is 0.167. The van der Waals surface area contributed by atoms with Gasteiger partial charge in [-0.25, -0.2) is 0 Å². The molecular weight excluding hydrogens is 492 g/mol. The zero-order chi connectivity index (χ0) is 27.2. The van der Waals surface area contributed by atoms with E-state index >= 15 is 0 Å². The maximum absolute atomic E-state index is 7.17. The van der Waals surface area contributed by atoms with E-state index in [-0.39, 0.29) is 0 Å². The van der Waals surface area contributed by atoms with Crippen molar-refractivity contribution in [1.82, 2.24) is 0 Å². The second-order valence-corrected chi connectivity index (χ2v) is 11.4. The molecule has 3 aliphatic carbocycles. The van der Waals surface area contributed by atoms with Crippen molar-refractivity contribution in [2.24, 2.45) is 0 Å². The van der Waals surface area contributed by atoms with Gasteiger partial charge in [0.1, 0.15) is 11.5 Å². The Balaban J connectivity index is 1.38. The molecule has 0 amide bonds. The highest BCUT2D eigenvalue weighted by Gasteiger charge is 2.65. The topological polar surface area (TPSA) is 24.9 Å². The molecule has 2 bridgehead atoms. The van der Waals surface area contributed by atoms with Crippen molar-refractivity contribution in [3.8, 4) is 0 Å². The van der Waals surface area contributed by atoms with Gasteiger partial charge in [0, 0.05) is 84.1 Å². The number of hydrogen-bond acceptors (Lipinski definition) is 4. The van der Waals surface area contributed by atoms with Gasteiger partial charge in [-0.2, -0.15) is 0 Å². The summed E-state index contributed by atoms with van der Waals surface area (Å²) in [5.41, 5.74) is 9.96. The third-order valence-electron chi connectivity index (χ3n) is 8.83. The molecule has 4 aromatic rings. The Labute approximate surface area is 235 Å². The van der Waals surface area contributed by atoms with E-state index in [4.69, 9.17) is 9.47 Å². The Morgan fingerprint density at radius 3 is 1.07 bits per heavy atom.